The van der Waals surface area contributed by atoms with Crippen molar-refractivity contribution < 1.29 is 19.1 Å². The Morgan fingerprint density at radius 3 is 2.33 bits per heavy atom. The molecular formula is C18H20N2O4. The number of methoxy groups -OCH3 is 2. The molecule has 0 unspecified atom stereocenters. The van der Waals surface area contributed by atoms with Crippen molar-refractivity contribution in [3.05, 3.63) is 54.1 Å². The van der Waals surface area contributed by atoms with E-state index in [1.54, 1.807) is 62.8 Å². The lowest BCUT2D eigenvalue weighted by molar-refractivity contribution is -0.116. The van der Waals surface area contributed by atoms with Crippen LogP contribution < -0.4 is 20.1 Å². The molecule has 0 fully saturated rings. The van der Waals surface area contributed by atoms with E-state index < -0.39 is 0 Å². The molecule has 6 heteroatoms. The first kappa shape index (κ1) is 17.3. The molecule has 6 nitrogen and oxygen atoms in total. The Morgan fingerprint density at radius 2 is 1.67 bits per heavy atom. The van der Waals surface area contributed by atoms with Gasteiger partial charge >= 0.3 is 0 Å². The first-order chi connectivity index (χ1) is 11.6. The molecule has 0 aliphatic rings. The Morgan fingerprint density at radius 1 is 0.958 bits per heavy atom. The minimum Gasteiger partial charge on any atom is -0.497 e. The molecule has 2 rings (SSSR count). The van der Waals surface area contributed by atoms with Gasteiger partial charge in [-0.25, -0.2) is 0 Å². The van der Waals surface area contributed by atoms with Crippen LogP contribution in [0.1, 0.15) is 16.8 Å². The summed E-state index contributed by atoms with van der Waals surface area (Å²) < 4.78 is 10.1. The van der Waals surface area contributed by atoms with Crippen LogP contribution in [0.2, 0.25) is 0 Å². The lowest BCUT2D eigenvalue weighted by atomic mass is 10.2. The van der Waals surface area contributed by atoms with Gasteiger partial charge in [0.25, 0.3) is 5.91 Å². The molecule has 0 atom stereocenters. The molecule has 0 radical (unpaired) electrons. The number of benzene rings is 2. The van der Waals surface area contributed by atoms with Crippen molar-refractivity contribution in [2.45, 2.75) is 6.42 Å². The number of nitrogens with one attached hydrogen (secondary N) is 2. The predicted molar refractivity (Wildman–Crippen MR) is 91.6 cm³/mol. The summed E-state index contributed by atoms with van der Waals surface area (Å²) in [5.41, 5.74) is 1.17. The number of hydrogen-bond donors (Lipinski definition) is 2. The van der Waals surface area contributed by atoms with Crippen molar-refractivity contribution in [2.75, 3.05) is 26.1 Å². The highest BCUT2D eigenvalue weighted by atomic mass is 16.5. The largest absolute Gasteiger partial charge is 0.497 e. The van der Waals surface area contributed by atoms with Crippen LogP contribution in [0.15, 0.2) is 48.5 Å². The lowest BCUT2D eigenvalue weighted by Gasteiger charge is -2.08. The van der Waals surface area contributed by atoms with Crippen LogP contribution >= 0.6 is 0 Å². The Balaban J connectivity index is 1.78. The van der Waals surface area contributed by atoms with Gasteiger partial charge in [-0.3, -0.25) is 9.59 Å². The monoisotopic (exact) mass is 328 g/mol. The predicted octanol–water partition coefficient (Wildman–Crippen LogP) is 2.46. The maximum atomic E-state index is 12.0. The molecule has 0 heterocycles. The second-order valence-electron chi connectivity index (χ2n) is 5.01. The average molecular weight is 328 g/mol. The summed E-state index contributed by atoms with van der Waals surface area (Å²) in [6, 6.07) is 13.9. The summed E-state index contributed by atoms with van der Waals surface area (Å²) in [7, 11) is 3.12. The van der Waals surface area contributed by atoms with Gasteiger partial charge < -0.3 is 20.1 Å². The molecule has 0 saturated heterocycles. The zero-order valence-corrected chi connectivity index (χ0v) is 13.7. The first-order valence-corrected chi connectivity index (χ1v) is 7.48. The fraction of sp³-hybridized carbons (Fsp3) is 0.222. The molecule has 0 saturated carbocycles. The molecule has 2 amide bonds. The minimum atomic E-state index is -0.244. The summed E-state index contributed by atoms with van der Waals surface area (Å²) >= 11 is 0. The average Bonchev–Trinajstić information content (AvgIpc) is 2.62. The third-order valence-electron chi connectivity index (χ3n) is 3.34. The maximum absolute atomic E-state index is 12.0. The third-order valence-corrected chi connectivity index (χ3v) is 3.34. The molecule has 24 heavy (non-hydrogen) atoms. The Hall–Kier alpha value is -3.02. The maximum Gasteiger partial charge on any atom is 0.251 e. The van der Waals surface area contributed by atoms with Crippen molar-refractivity contribution in [3.8, 4) is 11.5 Å². The molecule has 0 spiro atoms. The van der Waals surface area contributed by atoms with Crippen molar-refractivity contribution in [3.63, 3.8) is 0 Å². The van der Waals surface area contributed by atoms with Gasteiger partial charge in [-0.05, 0) is 42.5 Å². The summed E-state index contributed by atoms with van der Waals surface area (Å²) in [6.45, 7) is 0.248. The van der Waals surface area contributed by atoms with E-state index in [1.807, 2.05) is 0 Å². The zero-order chi connectivity index (χ0) is 17.4. The Kier molecular flexibility index (Phi) is 6.19. The van der Waals surface area contributed by atoms with Gasteiger partial charge in [0.2, 0.25) is 5.91 Å². The van der Waals surface area contributed by atoms with E-state index in [2.05, 4.69) is 10.6 Å². The molecule has 2 aromatic rings. The highest BCUT2D eigenvalue weighted by molar-refractivity contribution is 5.95. The van der Waals surface area contributed by atoms with Crippen LogP contribution in [0.4, 0.5) is 5.69 Å². The van der Waals surface area contributed by atoms with Gasteiger partial charge in [0.1, 0.15) is 11.5 Å². The van der Waals surface area contributed by atoms with Gasteiger partial charge in [0, 0.05) is 24.2 Å². The molecule has 126 valence electrons. The summed E-state index contributed by atoms with van der Waals surface area (Å²) in [4.78, 5) is 23.9. The fourth-order valence-electron chi connectivity index (χ4n) is 2.05. The van der Waals surface area contributed by atoms with Gasteiger partial charge in [0.05, 0.1) is 14.2 Å². The van der Waals surface area contributed by atoms with Crippen molar-refractivity contribution >= 4 is 17.5 Å². The molecule has 0 bridgehead atoms. The number of carbonyl (C=O) groups is 2. The SMILES string of the molecule is COc1ccc(NC(=O)CCNC(=O)c2cccc(OC)c2)cc1. The highest BCUT2D eigenvalue weighted by Crippen LogP contribution is 2.15. The van der Waals surface area contributed by atoms with Gasteiger partial charge in [-0.15, -0.1) is 0 Å². The molecule has 0 aliphatic heterocycles. The number of ether oxygens (including phenoxy) is 2. The summed E-state index contributed by atoms with van der Waals surface area (Å²) in [5, 5.41) is 5.47. The number of amides is 2. The normalized spacial score (nSPS) is 9.92. The second-order valence-corrected chi connectivity index (χ2v) is 5.01. The van der Waals surface area contributed by atoms with Crippen LogP contribution in [-0.4, -0.2) is 32.6 Å². The number of hydrogen-bond acceptors (Lipinski definition) is 4. The van der Waals surface area contributed by atoms with Gasteiger partial charge in [-0.1, -0.05) is 6.07 Å². The number of anilines is 1. The molecule has 2 aromatic carbocycles. The van der Waals surface area contributed by atoms with Crippen molar-refractivity contribution in [1.29, 1.82) is 0 Å². The summed E-state index contributed by atoms with van der Waals surface area (Å²) in [6.07, 6.45) is 0.182. The minimum absolute atomic E-state index is 0.175. The quantitative estimate of drug-likeness (QED) is 0.818. The molecule has 0 aromatic heterocycles. The third kappa shape index (κ3) is 5.01. The van der Waals surface area contributed by atoms with Crippen LogP contribution in [0, 0.1) is 0 Å². The topological polar surface area (TPSA) is 76.7 Å². The highest BCUT2D eigenvalue weighted by Gasteiger charge is 2.08. The smallest absolute Gasteiger partial charge is 0.251 e. The van der Waals surface area contributed by atoms with Crippen LogP contribution in [-0.2, 0) is 4.79 Å². The first-order valence-electron chi connectivity index (χ1n) is 7.48. The van der Waals surface area contributed by atoms with E-state index in [9.17, 15) is 9.59 Å². The van der Waals surface area contributed by atoms with Gasteiger partial charge in [0.15, 0.2) is 0 Å². The number of carbonyl (C=O) groups excluding carboxylic acids is 2. The van der Waals surface area contributed by atoms with Crippen molar-refractivity contribution in [2.24, 2.45) is 0 Å². The molecule has 2 N–H and O–H groups in total. The van der Waals surface area contributed by atoms with E-state index in [1.165, 1.54) is 0 Å². The van der Waals surface area contributed by atoms with E-state index in [0.29, 0.717) is 17.0 Å². The molecule has 0 aliphatic carbocycles. The van der Waals surface area contributed by atoms with E-state index in [0.717, 1.165) is 5.75 Å². The van der Waals surface area contributed by atoms with Crippen LogP contribution in [0.5, 0.6) is 11.5 Å². The van der Waals surface area contributed by atoms with E-state index >= 15 is 0 Å². The van der Waals surface area contributed by atoms with Crippen molar-refractivity contribution in [1.82, 2.24) is 5.32 Å². The Labute approximate surface area is 140 Å². The lowest BCUT2D eigenvalue weighted by Crippen LogP contribution is -2.27. The van der Waals surface area contributed by atoms with E-state index in [-0.39, 0.29) is 24.8 Å². The zero-order valence-electron chi connectivity index (χ0n) is 13.7. The Bertz CT molecular complexity index is 698. The fourth-order valence-corrected chi connectivity index (χ4v) is 2.05. The van der Waals surface area contributed by atoms with E-state index in [4.69, 9.17) is 9.47 Å². The standard InChI is InChI=1S/C18H20N2O4/c1-23-15-8-6-14(7-9-15)20-17(21)10-11-19-18(22)13-4-3-5-16(12-13)24-2/h3-9,12H,10-11H2,1-2H3,(H,19,22)(H,20,21). The molecular weight excluding hydrogens is 308 g/mol. The summed E-state index contributed by atoms with van der Waals surface area (Å²) in [5.74, 6) is 0.913. The van der Waals surface area contributed by atoms with Crippen LogP contribution in [0.25, 0.3) is 0 Å². The van der Waals surface area contributed by atoms with Crippen LogP contribution in [0.3, 0.4) is 0 Å². The second kappa shape index (κ2) is 8.57. The number of rotatable bonds is 7. The van der Waals surface area contributed by atoms with Gasteiger partial charge in [-0.2, -0.15) is 0 Å².